The molecule has 132 valence electrons. The van der Waals surface area contributed by atoms with Crippen molar-refractivity contribution in [2.75, 3.05) is 0 Å². The van der Waals surface area contributed by atoms with E-state index < -0.39 is 16.8 Å². The van der Waals surface area contributed by atoms with Gasteiger partial charge < -0.3 is 0 Å². The summed E-state index contributed by atoms with van der Waals surface area (Å²) >= 11 is 8.84. The molecule has 3 aromatic carbocycles. The molecule has 0 bridgehead atoms. The summed E-state index contributed by atoms with van der Waals surface area (Å²) in [6, 6.07) is 21.4. The standard InChI is InChI=1S/C20H12BrClF3N/c21-16-11-15(12-17(22)18(16)20(23,24)25)26-19(13-7-3-1-4-8-13)14-9-5-2-6-10-14/h1-12H. The number of nitrogens with zero attached hydrogens (tertiary/aromatic N) is 1. The molecule has 0 fully saturated rings. The topological polar surface area (TPSA) is 12.4 Å². The molecule has 3 rings (SSSR count). The second kappa shape index (κ2) is 7.64. The van der Waals surface area contributed by atoms with Gasteiger partial charge in [-0.1, -0.05) is 88.2 Å². The van der Waals surface area contributed by atoms with E-state index >= 15 is 0 Å². The Hall–Kier alpha value is -2.11. The average Bonchev–Trinajstić information content (AvgIpc) is 2.59. The lowest BCUT2D eigenvalue weighted by Crippen LogP contribution is -2.07. The Morgan fingerprint density at radius 1 is 0.846 bits per heavy atom. The van der Waals surface area contributed by atoms with Crippen LogP contribution in [-0.2, 0) is 6.18 Å². The molecule has 0 saturated carbocycles. The number of halogens is 5. The van der Waals surface area contributed by atoms with Crippen LogP contribution >= 0.6 is 27.5 Å². The van der Waals surface area contributed by atoms with Crippen molar-refractivity contribution in [3.05, 3.63) is 99.0 Å². The predicted molar refractivity (Wildman–Crippen MR) is 102 cm³/mol. The molecule has 0 spiro atoms. The summed E-state index contributed by atoms with van der Waals surface area (Å²) in [6.07, 6.45) is -4.54. The van der Waals surface area contributed by atoms with Gasteiger partial charge in [0.2, 0.25) is 0 Å². The molecule has 0 atom stereocenters. The smallest absolute Gasteiger partial charge is 0.248 e. The van der Waals surface area contributed by atoms with E-state index in [1.165, 1.54) is 12.1 Å². The number of rotatable bonds is 3. The molecule has 0 N–H and O–H groups in total. The zero-order chi connectivity index (χ0) is 18.7. The highest BCUT2D eigenvalue weighted by Crippen LogP contribution is 2.42. The molecule has 0 aliphatic rings. The van der Waals surface area contributed by atoms with Crippen LogP contribution in [0.1, 0.15) is 16.7 Å². The minimum Gasteiger partial charge on any atom is -0.248 e. The van der Waals surface area contributed by atoms with Crippen LogP contribution in [-0.4, -0.2) is 5.71 Å². The molecule has 0 aliphatic carbocycles. The first kappa shape index (κ1) is 18.7. The molecule has 0 saturated heterocycles. The minimum absolute atomic E-state index is 0.142. The summed E-state index contributed by atoms with van der Waals surface area (Å²) < 4.78 is 39.1. The molecule has 0 aromatic heterocycles. The van der Waals surface area contributed by atoms with E-state index in [2.05, 4.69) is 20.9 Å². The largest absolute Gasteiger partial charge is 0.418 e. The Kier molecular flexibility index (Phi) is 5.49. The quantitative estimate of drug-likeness (QED) is 0.381. The average molecular weight is 439 g/mol. The van der Waals surface area contributed by atoms with Crippen LogP contribution in [0.25, 0.3) is 0 Å². The number of benzene rings is 3. The normalized spacial score (nSPS) is 11.3. The van der Waals surface area contributed by atoms with Crippen LogP contribution in [0.4, 0.5) is 18.9 Å². The number of hydrogen-bond donors (Lipinski definition) is 0. The molecule has 0 aliphatic heterocycles. The van der Waals surface area contributed by atoms with E-state index in [0.29, 0.717) is 11.4 Å². The number of aliphatic imine (C=N–C) groups is 1. The second-order valence-corrected chi connectivity index (χ2v) is 6.74. The third-order valence-corrected chi connectivity index (χ3v) is 4.57. The maximum absolute atomic E-state index is 13.1. The summed E-state index contributed by atoms with van der Waals surface area (Å²) in [5.74, 6) is 0. The molecule has 0 heterocycles. The number of hydrogen-bond acceptors (Lipinski definition) is 1. The maximum Gasteiger partial charge on any atom is 0.418 e. The summed E-state index contributed by atoms with van der Waals surface area (Å²) in [5.41, 5.74) is 1.78. The molecule has 0 radical (unpaired) electrons. The van der Waals surface area contributed by atoms with E-state index in [0.717, 1.165) is 11.1 Å². The van der Waals surface area contributed by atoms with Gasteiger partial charge in [0.05, 0.1) is 22.0 Å². The third-order valence-electron chi connectivity index (χ3n) is 3.65. The molecular formula is C20H12BrClF3N. The van der Waals surface area contributed by atoms with Crippen molar-refractivity contribution in [2.24, 2.45) is 4.99 Å². The third kappa shape index (κ3) is 4.17. The zero-order valence-electron chi connectivity index (χ0n) is 13.3. The van der Waals surface area contributed by atoms with E-state index in [-0.39, 0.29) is 4.47 Å². The lowest BCUT2D eigenvalue weighted by atomic mass is 10.0. The van der Waals surface area contributed by atoms with Crippen molar-refractivity contribution in [1.29, 1.82) is 0 Å². The van der Waals surface area contributed by atoms with Crippen LogP contribution in [0.3, 0.4) is 0 Å². The van der Waals surface area contributed by atoms with Crippen LogP contribution in [0.2, 0.25) is 5.02 Å². The molecule has 26 heavy (non-hydrogen) atoms. The Morgan fingerprint density at radius 3 is 1.77 bits per heavy atom. The van der Waals surface area contributed by atoms with Gasteiger partial charge in [-0.05, 0) is 12.1 Å². The summed E-state index contributed by atoms with van der Waals surface area (Å²) in [4.78, 5) is 4.58. The first-order valence-electron chi connectivity index (χ1n) is 7.62. The van der Waals surface area contributed by atoms with Crippen LogP contribution in [0, 0.1) is 0 Å². The fraction of sp³-hybridized carbons (Fsp3) is 0.0500. The van der Waals surface area contributed by atoms with E-state index in [9.17, 15) is 13.2 Å². The van der Waals surface area contributed by atoms with E-state index in [4.69, 9.17) is 11.6 Å². The highest BCUT2D eigenvalue weighted by Gasteiger charge is 2.35. The molecular weight excluding hydrogens is 427 g/mol. The predicted octanol–water partition coefficient (Wildman–Crippen LogP) is 7.29. The van der Waals surface area contributed by atoms with Gasteiger partial charge in [-0.15, -0.1) is 0 Å². The van der Waals surface area contributed by atoms with Gasteiger partial charge >= 0.3 is 6.18 Å². The van der Waals surface area contributed by atoms with Gasteiger partial charge in [0.25, 0.3) is 0 Å². The van der Waals surface area contributed by atoms with Gasteiger partial charge in [0.1, 0.15) is 0 Å². The first-order chi connectivity index (χ1) is 12.4. The highest BCUT2D eigenvalue weighted by molar-refractivity contribution is 9.10. The van der Waals surface area contributed by atoms with Gasteiger partial charge in [-0.2, -0.15) is 13.2 Å². The monoisotopic (exact) mass is 437 g/mol. The summed E-state index contributed by atoms with van der Waals surface area (Å²) in [5, 5.41) is -0.397. The molecule has 3 aromatic rings. The van der Waals surface area contributed by atoms with Gasteiger partial charge in [-0.3, -0.25) is 0 Å². The van der Waals surface area contributed by atoms with Crippen molar-refractivity contribution in [3.63, 3.8) is 0 Å². The molecule has 0 unspecified atom stereocenters. The fourth-order valence-electron chi connectivity index (χ4n) is 2.51. The van der Waals surface area contributed by atoms with Crippen molar-refractivity contribution < 1.29 is 13.2 Å². The van der Waals surface area contributed by atoms with Crippen LogP contribution in [0.15, 0.2) is 82.3 Å². The van der Waals surface area contributed by atoms with Crippen molar-refractivity contribution in [1.82, 2.24) is 0 Å². The molecule has 1 nitrogen and oxygen atoms in total. The second-order valence-electron chi connectivity index (χ2n) is 5.47. The summed E-state index contributed by atoms with van der Waals surface area (Å²) in [6.45, 7) is 0. The lowest BCUT2D eigenvalue weighted by molar-refractivity contribution is -0.138. The molecule has 6 heteroatoms. The SMILES string of the molecule is FC(F)(F)c1c(Cl)cc(N=C(c2ccccc2)c2ccccc2)cc1Br. The van der Waals surface area contributed by atoms with Gasteiger partial charge in [0, 0.05) is 15.6 Å². The maximum atomic E-state index is 13.1. The van der Waals surface area contributed by atoms with Crippen molar-refractivity contribution >= 4 is 38.9 Å². The number of alkyl halides is 3. The first-order valence-corrected chi connectivity index (χ1v) is 8.79. The van der Waals surface area contributed by atoms with Crippen molar-refractivity contribution in [3.8, 4) is 0 Å². The Balaban J connectivity index is 2.15. The van der Waals surface area contributed by atoms with Gasteiger partial charge in [0.15, 0.2) is 0 Å². The highest BCUT2D eigenvalue weighted by atomic mass is 79.9. The van der Waals surface area contributed by atoms with Crippen LogP contribution < -0.4 is 0 Å². The summed E-state index contributed by atoms with van der Waals surface area (Å²) in [7, 11) is 0. The van der Waals surface area contributed by atoms with Gasteiger partial charge in [-0.25, -0.2) is 4.99 Å². The van der Waals surface area contributed by atoms with Crippen molar-refractivity contribution in [2.45, 2.75) is 6.18 Å². The Labute approximate surface area is 162 Å². The molecule has 0 amide bonds. The van der Waals surface area contributed by atoms with Crippen LogP contribution in [0.5, 0.6) is 0 Å². The van der Waals surface area contributed by atoms with E-state index in [1.54, 1.807) is 0 Å². The Morgan fingerprint density at radius 2 is 1.35 bits per heavy atom. The minimum atomic E-state index is -4.54. The zero-order valence-corrected chi connectivity index (χ0v) is 15.6. The lowest BCUT2D eigenvalue weighted by Gasteiger charge is -2.13. The van der Waals surface area contributed by atoms with E-state index in [1.807, 2.05) is 60.7 Å². The Bertz CT molecular complexity index is 874. The fourth-order valence-corrected chi connectivity index (χ4v) is 3.62.